The van der Waals surface area contributed by atoms with E-state index in [1.165, 1.54) is 12.8 Å². The molecule has 4 heteroatoms. The smallest absolute Gasteiger partial charge is 0.128 e. The predicted molar refractivity (Wildman–Crippen MR) is 70.6 cm³/mol. The minimum Gasteiger partial charge on any atom is -0.385 e. The Labute approximate surface area is 94.1 Å². The summed E-state index contributed by atoms with van der Waals surface area (Å²) in [6.07, 6.45) is 2.64. The Morgan fingerprint density at radius 1 is 1.15 bits per heavy atom. The maximum atomic E-state index is 4.71. The molecule has 0 heterocycles. The number of unbranched alkanes of at least 4 members (excludes halogenated alkanes) is 1. The summed E-state index contributed by atoms with van der Waals surface area (Å²) in [4.78, 5) is 0. The van der Waals surface area contributed by atoms with Crippen LogP contribution in [-0.2, 0) is 0 Å². The third kappa shape index (κ3) is 124. The van der Waals surface area contributed by atoms with E-state index in [0.29, 0.717) is 0 Å². The number of hydrogen-bond donors (Lipinski definition) is 3. The van der Waals surface area contributed by atoms with Gasteiger partial charge in [0.05, 0.1) is 0 Å². The van der Waals surface area contributed by atoms with Crippen molar-refractivity contribution in [1.82, 2.24) is 5.32 Å². The second kappa shape index (κ2) is 22.8. The SMILES string of the molecule is CCCC.CCNCC.NC(=S)S. The second-order valence-corrected chi connectivity index (χ2v) is 3.52. The summed E-state index contributed by atoms with van der Waals surface area (Å²) in [6, 6.07) is 0. The van der Waals surface area contributed by atoms with E-state index in [2.05, 4.69) is 57.9 Å². The predicted octanol–water partition coefficient (Wildman–Crippen LogP) is 2.58. The van der Waals surface area contributed by atoms with Crippen molar-refractivity contribution in [3.05, 3.63) is 0 Å². The molecule has 0 aliphatic carbocycles. The molecule has 0 amide bonds. The van der Waals surface area contributed by atoms with Crippen molar-refractivity contribution in [2.75, 3.05) is 13.1 Å². The van der Waals surface area contributed by atoms with Crippen molar-refractivity contribution in [3.8, 4) is 0 Å². The van der Waals surface area contributed by atoms with Gasteiger partial charge in [0.1, 0.15) is 4.32 Å². The summed E-state index contributed by atoms with van der Waals surface area (Å²) in [5, 5.41) is 3.11. The van der Waals surface area contributed by atoms with E-state index in [9.17, 15) is 0 Å². The number of nitrogens with two attached hydrogens (primary N) is 1. The molecule has 0 atom stereocenters. The van der Waals surface area contributed by atoms with Crippen LogP contribution in [-0.4, -0.2) is 17.4 Å². The largest absolute Gasteiger partial charge is 0.385 e. The van der Waals surface area contributed by atoms with Gasteiger partial charge in [-0.2, -0.15) is 0 Å². The van der Waals surface area contributed by atoms with Gasteiger partial charge < -0.3 is 11.1 Å². The van der Waals surface area contributed by atoms with Gasteiger partial charge in [-0.15, -0.1) is 12.6 Å². The van der Waals surface area contributed by atoms with Gasteiger partial charge in [-0.3, -0.25) is 0 Å². The van der Waals surface area contributed by atoms with E-state index in [0.717, 1.165) is 13.1 Å². The van der Waals surface area contributed by atoms with Gasteiger partial charge in [0.2, 0.25) is 0 Å². The molecule has 0 spiro atoms. The van der Waals surface area contributed by atoms with Gasteiger partial charge in [-0.25, -0.2) is 0 Å². The lowest BCUT2D eigenvalue weighted by Crippen LogP contribution is -2.09. The van der Waals surface area contributed by atoms with Crippen LogP contribution >= 0.6 is 24.8 Å². The molecular formula is C9H24N2S2. The highest BCUT2D eigenvalue weighted by Gasteiger charge is 1.62. The van der Waals surface area contributed by atoms with Gasteiger partial charge in [0, 0.05) is 0 Å². The average molecular weight is 224 g/mol. The van der Waals surface area contributed by atoms with Crippen LogP contribution in [0.5, 0.6) is 0 Å². The zero-order valence-corrected chi connectivity index (χ0v) is 11.0. The molecule has 0 aromatic carbocycles. The highest BCUT2D eigenvalue weighted by molar-refractivity contribution is 8.10. The summed E-state index contributed by atoms with van der Waals surface area (Å²) in [7, 11) is 0. The Morgan fingerprint density at radius 3 is 1.38 bits per heavy atom. The number of thiocarbonyl (C=S) groups is 1. The fourth-order valence-electron chi connectivity index (χ4n) is 0.250. The fourth-order valence-corrected chi connectivity index (χ4v) is 0.250. The molecule has 0 rings (SSSR count). The molecule has 0 aromatic heterocycles. The highest BCUT2D eigenvalue weighted by Crippen LogP contribution is 1.76. The summed E-state index contributed by atoms with van der Waals surface area (Å²) in [5.41, 5.74) is 4.71. The standard InChI is InChI=1S/C4H11N.C4H10.CH3NS2/c1-3-5-4-2;1-3-4-2;2-1(3)4/h5H,3-4H2,1-2H3;3-4H2,1-2H3;(H3,2,3,4). The van der Waals surface area contributed by atoms with E-state index < -0.39 is 0 Å². The summed E-state index contributed by atoms with van der Waals surface area (Å²) < 4.78 is 0.194. The van der Waals surface area contributed by atoms with E-state index in [4.69, 9.17) is 5.73 Å². The molecular weight excluding hydrogens is 200 g/mol. The van der Waals surface area contributed by atoms with E-state index >= 15 is 0 Å². The molecule has 0 radical (unpaired) electrons. The van der Waals surface area contributed by atoms with Crippen molar-refractivity contribution in [1.29, 1.82) is 0 Å². The minimum absolute atomic E-state index is 0.194. The van der Waals surface area contributed by atoms with Gasteiger partial charge in [-0.05, 0) is 13.1 Å². The Balaban J connectivity index is -0.000000117. The molecule has 2 nitrogen and oxygen atoms in total. The van der Waals surface area contributed by atoms with Crippen molar-refractivity contribution in [2.24, 2.45) is 5.73 Å². The van der Waals surface area contributed by atoms with Gasteiger partial charge >= 0.3 is 0 Å². The molecule has 0 aromatic rings. The Morgan fingerprint density at radius 2 is 1.38 bits per heavy atom. The molecule has 3 N–H and O–H groups in total. The first kappa shape index (κ1) is 18.9. The van der Waals surface area contributed by atoms with E-state index in [1.807, 2.05) is 0 Å². The topological polar surface area (TPSA) is 38.0 Å². The zero-order chi connectivity index (χ0) is 11.1. The van der Waals surface area contributed by atoms with Crippen LogP contribution in [0.4, 0.5) is 0 Å². The van der Waals surface area contributed by atoms with Crippen LogP contribution in [0.1, 0.15) is 40.5 Å². The van der Waals surface area contributed by atoms with Gasteiger partial charge in [0.25, 0.3) is 0 Å². The molecule has 0 aliphatic heterocycles. The molecule has 0 saturated heterocycles. The zero-order valence-electron chi connectivity index (χ0n) is 9.26. The first-order chi connectivity index (χ1) is 6.06. The lowest BCUT2D eigenvalue weighted by atomic mass is 10.4. The molecule has 0 saturated carbocycles. The van der Waals surface area contributed by atoms with Crippen LogP contribution < -0.4 is 11.1 Å². The first-order valence-electron chi connectivity index (χ1n) is 4.75. The summed E-state index contributed by atoms with van der Waals surface area (Å²) in [5.74, 6) is 0. The van der Waals surface area contributed by atoms with Crippen LogP contribution in [0, 0.1) is 0 Å². The first-order valence-corrected chi connectivity index (χ1v) is 5.61. The number of hydrogen-bond acceptors (Lipinski definition) is 2. The van der Waals surface area contributed by atoms with Gasteiger partial charge in [0.15, 0.2) is 0 Å². The van der Waals surface area contributed by atoms with Crippen molar-refractivity contribution in [3.63, 3.8) is 0 Å². The molecule has 82 valence electrons. The summed E-state index contributed by atoms with van der Waals surface area (Å²) in [6.45, 7) is 10.8. The van der Waals surface area contributed by atoms with Crippen molar-refractivity contribution in [2.45, 2.75) is 40.5 Å². The summed E-state index contributed by atoms with van der Waals surface area (Å²) >= 11 is 7.65. The Kier molecular flexibility index (Phi) is 33.1. The van der Waals surface area contributed by atoms with Crippen LogP contribution in [0.25, 0.3) is 0 Å². The Hall–Kier alpha value is 0.200. The normalized spacial score (nSPS) is 7.46. The quantitative estimate of drug-likeness (QED) is 0.509. The van der Waals surface area contributed by atoms with Crippen LogP contribution in [0.3, 0.4) is 0 Å². The molecule has 13 heavy (non-hydrogen) atoms. The number of rotatable bonds is 3. The monoisotopic (exact) mass is 224 g/mol. The lowest BCUT2D eigenvalue weighted by molar-refractivity contribution is 0.762. The highest BCUT2D eigenvalue weighted by atomic mass is 32.1. The van der Waals surface area contributed by atoms with Crippen LogP contribution in [0.2, 0.25) is 0 Å². The molecule has 0 aliphatic rings. The van der Waals surface area contributed by atoms with Crippen molar-refractivity contribution >= 4 is 29.2 Å². The maximum absolute atomic E-state index is 4.71. The third-order valence-corrected chi connectivity index (χ3v) is 1.000. The average Bonchev–Trinajstić information content (AvgIpc) is 2.05. The third-order valence-electron chi connectivity index (χ3n) is 1.000. The van der Waals surface area contributed by atoms with Gasteiger partial charge in [-0.1, -0.05) is 52.8 Å². The van der Waals surface area contributed by atoms with E-state index in [-0.39, 0.29) is 4.32 Å². The van der Waals surface area contributed by atoms with Crippen LogP contribution in [0.15, 0.2) is 0 Å². The lowest BCUT2D eigenvalue weighted by Gasteiger charge is -1.86. The Bertz CT molecular complexity index is 79.7. The number of nitrogens with one attached hydrogen (secondary N) is 1. The van der Waals surface area contributed by atoms with Crippen molar-refractivity contribution < 1.29 is 0 Å². The maximum Gasteiger partial charge on any atom is 0.128 e. The van der Waals surface area contributed by atoms with E-state index in [1.54, 1.807) is 0 Å². The minimum atomic E-state index is 0.194. The molecule has 0 fully saturated rings. The molecule has 0 bridgehead atoms. The molecule has 0 unspecified atom stereocenters. The fraction of sp³-hybridized carbons (Fsp3) is 0.889. The number of thiol groups is 1. The second-order valence-electron chi connectivity index (χ2n) is 2.30.